The maximum atomic E-state index is 13.6. The van der Waals surface area contributed by atoms with Crippen molar-refractivity contribution in [3.63, 3.8) is 0 Å². The quantitative estimate of drug-likeness (QED) is 0.824. The maximum absolute atomic E-state index is 13.6. The van der Waals surface area contributed by atoms with Crippen LogP contribution in [-0.2, 0) is 4.74 Å². The molecule has 1 N–H and O–H groups in total. The number of hydrogen-bond acceptors (Lipinski definition) is 3. The molecule has 1 unspecified atom stereocenters. The van der Waals surface area contributed by atoms with Gasteiger partial charge in [-0.05, 0) is 18.9 Å². The SMILES string of the molecule is COCCN(CC(O)c1cccc(F)c1F)C1CC1. The van der Waals surface area contributed by atoms with E-state index in [1.165, 1.54) is 12.1 Å². The third-order valence-electron chi connectivity index (χ3n) is 3.39. The molecule has 0 spiro atoms. The van der Waals surface area contributed by atoms with Crippen LogP contribution < -0.4 is 0 Å². The first-order valence-corrected chi connectivity index (χ1v) is 6.48. The van der Waals surface area contributed by atoms with Crippen LogP contribution in [0.15, 0.2) is 18.2 Å². The smallest absolute Gasteiger partial charge is 0.164 e. The lowest BCUT2D eigenvalue weighted by atomic mass is 10.1. The van der Waals surface area contributed by atoms with Crippen LogP contribution in [0.4, 0.5) is 8.78 Å². The number of aliphatic hydroxyl groups is 1. The van der Waals surface area contributed by atoms with E-state index in [1.807, 2.05) is 0 Å². The van der Waals surface area contributed by atoms with Crippen molar-refractivity contribution in [3.8, 4) is 0 Å². The van der Waals surface area contributed by atoms with E-state index in [-0.39, 0.29) is 5.56 Å². The Morgan fingerprint density at radius 1 is 1.42 bits per heavy atom. The topological polar surface area (TPSA) is 32.7 Å². The Morgan fingerprint density at radius 2 is 2.16 bits per heavy atom. The van der Waals surface area contributed by atoms with E-state index in [1.54, 1.807) is 7.11 Å². The van der Waals surface area contributed by atoms with Gasteiger partial charge < -0.3 is 9.84 Å². The molecule has 0 amide bonds. The number of hydrogen-bond donors (Lipinski definition) is 1. The number of halogens is 2. The second-order valence-corrected chi connectivity index (χ2v) is 4.88. The average molecular weight is 271 g/mol. The minimum Gasteiger partial charge on any atom is -0.387 e. The van der Waals surface area contributed by atoms with Crippen molar-refractivity contribution in [1.29, 1.82) is 0 Å². The van der Waals surface area contributed by atoms with Crippen LogP contribution in [-0.4, -0.2) is 42.9 Å². The van der Waals surface area contributed by atoms with Crippen molar-refractivity contribution in [3.05, 3.63) is 35.4 Å². The molecule has 106 valence electrons. The summed E-state index contributed by atoms with van der Waals surface area (Å²) in [5.74, 6) is -1.89. The predicted octanol–water partition coefficient (Wildman–Crippen LogP) is 2.11. The Kier molecular flexibility index (Phi) is 4.85. The molecule has 0 saturated heterocycles. The van der Waals surface area contributed by atoms with E-state index in [9.17, 15) is 13.9 Å². The molecule has 19 heavy (non-hydrogen) atoms. The van der Waals surface area contributed by atoms with Crippen LogP contribution in [0.25, 0.3) is 0 Å². The fourth-order valence-corrected chi connectivity index (χ4v) is 2.17. The third-order valence-corrected chi connectivity index (χ3v) is 3.39. The van der Waals surface area contributed by atoms with Gasteiger partial charge in [0, 0.05) is 31.8 Å². The second-order valence-electron chi connectivity index (χ2n) is 4.88. The van der Waals surface area contributed by atoms with Crippen molar-refractivity contribution in [2.45, 2.75) is 25.0 Å². The van der Waals surface area contributed by atoms with Crippen molar-refractivity contribution < 1.29 is 18.6 Å². The van der Waals surface area contributed by atoms with Crippen molar-refractivity contribution >= 4 is 0 Å². The number of rotatable bonds is 7. The molecular weight excluding hydrogens is 252 g/mol. The molecule has 0 heterocycles. The largest absolute Gasteiger partial charge is 0.387 e. The number of ether oxygens (including phenoxy) is 1. The standard InChI is InChI=1S/C14H19F2NO2/c1-19-8-7-17(10-5-6-10)9-13(18)11-3-2-4-12(15)14(11)16/h2-4,10,13,18H,5-9H2,1H3. The number of aliphatic hydroxyl groups excluding tert-OH is 1. The van der Waals surface area contributed by atoms with Gasteiger partial charge in [0.25, 0.3) is 0 Å². The summed E-state index contributed by atoms with van der Waals surface area (Å²) in [6, 6.07) is 4.31. The van der Waals surface area contributed by atoms with Crippen LogP contribution in [0, 0.1) is 11.6 Å². The molecule has 1 saturated carbocycles. The Morgan fingerprint density at radius 3 is 2.79 bits per heavy atom. The molecule has 0 aliphatic heterocycles. The molecule has 3 nitrogen and oxygen atoms in total. The highest BCUT2D eigenvalue weighted by Gasteiger charge is 2.30. The monoisotopic (exact) mass is 271 g/mol. The minimum atomic E-state index is -1.02. The molecule has 0 aromatic heterocycles. The van der Waals surface area contributed by atoms with E-state index in [0.29, 0.717) is 25.7 Å². The number of benzene rings is 1. The Balaban J connectivity index is 2.01. The lowest BCUT2D eigenvalue weighted by Gasteiger charge is -2.25. The molecule has 1 aliphatic carbocycles. The molecule has 1 aromatic carbocycles. The summed E-state index contributed by atoms with van der Waals surface area (Å²) in [7, 11) is 1.62. The highest BCUT2D eigenvalue weighted by Crippen LogP contribution is 2.29. The van der Waals surface area contributed by atoms with Crippen LogP contribution in [0.2, 0.25) is 0 Å². The molecule has 1 fully saturated rings. The zero-order valence-corrected chi connectivity index (χ0v) is 11.0. The summed E-state index contributed by atoms with van der Waals surface area (Å²) in [6.45, 7) is 1.55. The van der Waals surface area contributed by atoms with Gasteiger partial charge in [0.2, 0.25) is 0 Å². The highest BCUT2D eigenvalue weighted by atomic mass is 19.2. The summed E-state index contributed by atoms with van der Waals surface area (Å²) >= 11 is 0. The van der Waals surface area contributed by atoms with E-state index in [2.05, 4.69) is 4.90 Å². The predicted molar refractivity (Wildman–Crippen MR) is 67.8 cm³/mol. The lowest BCUT2D eigenvalue weighted by Crippen LogP contribution is -2.34. The summed E-state index contributed by atoms with van der Waals surface area (Å²) in [6.07, 6.45) is 1.15. The second kappa shape index (κ2) is 6.41. The Labute approximate surface area is 111 Å². The highest BCUT2D eigenvalue weighted by molar-refractivity contribution is 5.21. The molecule has 2 rings (SSSR count). The van der Waals surface area contributed by atoms with Gasteiger partial charge in [0.05, 0.1) is 12.7 Å². The fraction of sp³-hybridized carbons (Fsp3) is 0.571. The van der Waals surface area contributed by atoms with Gasteiger partial charge in [-0.2, -0.15) is 0 Å². The van der Waals surface area contributed by atoms with Crippen molar-refractivity contribution in [2.24, 2.45) is 0 Å². The van der Waals surface area contributed by atoms with Crippen molar-refractivity contribution in [2.75, 3.05) is 26.8 Å². The summed E-state index contributed by atoms with van der Waals surface area (Å²) < 4.78 is 31.7. The van der Waals surface area contributed by atoms with E-state index >= 15 is 0 Å². The zero-order chi connectivity index (χ0) is 13.8. The molecular formula is C14H19F2NO2. The van der Waals surface area contributed by atoms with Gasteiger partial charge in [-0.25, -0.2) is 8.78 Å². The first-order valence-electron chi connectivity index (χ1n) is 6.48. The van der Waals surface area contributed by atoms with Crippen molar-refractivity contribution in [1.82, 2.24) is 4.90 Å². The zero-order valence-electron chi connectivity index (χ0n) is 11.0. The summed E-state index contributed by atoms with van der Waals surface area (Å²) in [4.78, 5) is 2.07. The van der Waals surface area contributed by atoms with Crippen LogP contribution in [0.1, 0.15) is 24.5 Å². The van der Waals surface area contributed by atoms with Gasteiger partial charge in [-0.15, -0.1) is 0 Å². The van der Waals surface area contributed by atoms with E-state index < -0.39 is 17.7 Å². The van der Waals surface area contributed by atoms with Gasteiger partial charge in [0.15, 0.2) is 11.6 Å². The van der Waals surface area contributed by atoms with E-state index in [0.717, 1.165) is 18.9 Å². The molecule has 5 heteroatoms. The molecule has 1 aromatic rings. The van der Waals surface area contributed by atoms with Gasteiger partial charge in [0.1, 0.15) is 0 Å². The third kappa shape index (κ3) is 3.72. The van der Waals surface area contributed by atoms with Crippen LogP contribution >= 0.6 is 0 Å². The molecule has 0 radical (unpaired) electrons. The lowest BCUT2D eigenvalue weighted by molar-refractivity contribution is 0.0823. The normalized spacial score (nSPS) is 16.9. The first-order chi connectivity index (χ1) is 9.13. The minimum absolute atomic E-state index is 0.0167. The summed E-state index contributed by atoms with van der Waals surface area (Å²) in [5.41, 5.74) is 0.0167. The number of methoxy groups -OCH3 is 1. The number of nitrogens with zero attached hydrogens (tertiary/aromatic N) is 1. The first kappa shape index (κ1) is 14.4. The van der Waals surface area contributed by atoms with Crippen LogP contribution in [0.3, 0.4) is 0 Å². The molecule has 1 aliphatic rings. The summed E-state index contributed by atoms with van der Waals surface area (Å²) in [5, 5.41) is 10.1. The fourth-order valence-electron chi connectivity index (χ4n) is 2.17. The van der Waals surface area contributed by atoms with Gasteiger partial charge >= 0.3 is 0 Å². The Bertz CT molecular complexity index is 424. The Hall–Kier alpha value is -1.04. The van der Waals surface area contributed by atoms with Gasteiger partial charge in [-0.1, -0.05) is 12.1 Å². The van der Waals surface area contributed by atoms with E-state index in [4.69, 9.17) is 4.74 Å². The molecule has 0 bridgehead atoms. The maximum Gasteiger partial charge on any atom is 0.164 e. The van der Waals surface area contributed by atoms with Crippen LogP contribution in [0.5, 0.6) is 0 Å². The molecule has 1 atom stereocenters. The van der Waals surface area contributed by atoms with Gasteiger partial charge in [-0.3, -0.25) is 4.90 Å². The average Bonchev–Trinajstić information content (AvgIpc) is 3.21.